The summed E-state index contributed by atoms with van der Waals surface area (Å²) in [5.41, 5.74) is 0.646. The number of methoxy groups -OCH3 is 1. The predicted octanol–water partition coefficient (Wildman–Crippen LogP) is 0.954. The number of aromatic nitrogens is 3. The number of carbonyl (C=O) groups excluding carboxylic acids is 1. The largest absolute Gasteiger partial charge is 0.493 e. The van der Waals surface area contributed by atoms with Crippen molar-refractivity contribution in [2.45, 2.75) is 13.2 Å². The summed E-state index contributed by atoms with van der Waals surface area (Å²) in [6.07, 6.45) is 1.69. The molecule has 0 spiro atoms. The minimum atomic E-state index is -0.0444. The molecule has 0 unspecified atom stereocenters. The Kier molecular flexibility index (Phi) is 4.76. The smallest absolute Gasteiger partial charge is 0.243 e. The van der Waals surface area contributed by atoms with Crippen LogP contribution in [0, 0.1) is 0 Å². The van der Waals surface area contributed by atoms with Crippen LogP contribution in [0.4, 0.5) is 0 Å². The molecule has 1 aromatic carbocycles. The minimum Gasteiger partial charge on any atom is -0.493 e. The Hall–Kier alpha value is -2.57. The highest BCUT2D eigenvalue weighted by atomic mass is 16.5. The second-order valence-corrected chi connectivity index (χ2v) is 4.64. The topological polar surface area (TPSA) is 69.5 Å². The molecule has 0 saturated heterocycles. The molecule has 2 rings (SSSR count). The maximum Gasteiger partial charge on any atom is 0.243 e. The summed E-state index contributed by atoms with van der Waals surface area (Å²) in [6, 6.07) is 7.38. The second-order valence-electron chi connectivity index (χ2n) is 4.64. The van der Waals surface area contributed by atoms with Crippen LogP contribution in [0.2, 0.25) is 0 Å². The number of para-hydroxylation sites is 2. The zero-order chi connectivity index (χ0) is 15.2. The van der Waals surface area contributed by atoms with Gasteiger partial charge in [-0.3, -0.25) is 4.79 Å². The number of likely N-dealkylation sites (N-methyl/N-ethyl adjacent to an activating group) is 1. The third kappa shape index (κ3) is 3.95. The average Bonchev–Trinajstić information content (AvgIpc) is 2.92. The molecule has 0 radical (unpaired) electrons. The summed E-state index contributed by atoms with van der Waals surface area (Å²) in [7, 11) is 4.99. The van der Waals surface area contributed by atoms with E-state index in [9.17, 15) is 4.79 Å². The minimum absolute atomic E-state index is 0.0444. The van der Waals surface area contributed by atoms with Gasteiger partial charge in [0.25, 0.3) is 0 Å². The first-order valence-electron chi connectivity index (χ1n) is 6.45. The van der Waals surface area contributed by atoms with E-state index in [-0.39, 0.29) is 19.1 Å². The SMILES string of the molecule is COc1ccccc1OCc1cn(CC(=O)N(C)C)nn1. The van der Waals surface area contributed by atoms with Crippen LogP contribution in [0.5, 0.6) is 11.5 Å². The number of hydrogen-bond donors (Lipinski definition) is 0. The molecule has 0 bridgehead atoms. The van der Waals surface area contributed by atoms with E-state index in [0.717, 1.165) is 0 Å². The van der Waals surface area contributed by atoms with Crippen LogP contribution in [0.25, 0.3) is 0 Å². The molecule has 0 fully saturated rings. The van der Waals surface area contributed by atoms with Crippen LogP contribution in [-0.2, 0) is 17.9 Å². The highest BCUT2D eigenvalue weighted by molar-refractivity contribution is 5.75. The van der Waals surface area contributed by atoms with Gasteiger partial charge in [-0.25, -0.2) is 4.68 Å². The van der Waals surface area contributed by atoms with Crippen LogP contribution in [0.15, 0.2) is 30.5 Å². The Morgan fingerprint density at radius 1 is 1.29 bits per heavy atom. The van der Waals surface area contributed by atoms with Gasteiger partial charge in [-0.1, -0.05) is 17.3 Å². The van der Waals surface area contributed by atoms with Crippen molar-refractivity contribution in [1.29, 1.82) is 0 Å². The second kappa shape index (κ2) is 6.74. The summed E-state index contributed by atoms with van der Waals surface area (Å²) >= 11 is 0. The summed E-state index contributed by atoms with van der Waals surface area (Å²) in [5, 5.41) is 7.88. The lowest BCUT2D eigenvalue weighted by molar-refractivity contribution is -0.129. The summed E-state index contributed by atoms with van der Waals surface area (Å²) in [6.45, 7) is 0.422. The van der Waals surface area contributed by atoms with Crippen LogP contribution in [0.1, 0.15) is 5.69 Å². The zero-order valence-electron chi connectivity index (χ0n) is 12.3. The van der Waals surface area contributed by atoms with E-state index in [2.05, 4.69) is 10.3 Å². The van der Waals surface area contributed by atoms with Gasteiger partial charge < -0.3 is 14.4 Å². The Balaban J connectivity index is 1.95. The van der Waals surface area contributed by atoms with Crippen molar-refractivity contribution in [3.05, 3.63) is 36.2 Å². The maximum atomic E-state index is 11.6. The molecule has 0 aliphatic rings. The molecule has 0 saturated carbocycles. The third-order valence-electron chi connectivity index (χ3n) is 2.83. The molecule has 7 nitrogen and oxygen atoms in total. The number of benzene rings is 1. The Morgan fingerprint density at radius 3 is 2.67 bits per heavy atom. The highest BCUT2D eigenvalue weighted by Crippen LogP contribution is 2.26. The quantitative estimate of drug-likeness (QED) is 0.792. The van der Waals surface area contributed by atoms with Gasteiger partial charge in [-0.05, 0) is 12.1 Å². The molecule has 21 heavy (non-hydrogen) atoms. The summed E-state index contributed by atoms with van der Waals surface area (Å²) in [5.74, 6) is 1.25. The molecule has 2 aromatic rings. The molecule has 1 amide bonds. The first-order valence-corrected chi connectivity index (χ1v) is 6.45. The Bertz CT molecular complexity index is 610. The van der Waals surface area contributed by atoms with Gasteiger partial charge in [0.2, 0.25) is 5.91 Å². The lowest BCUT2D eigenvalue weighted by atomic mass is 10.3. The van der Waals surface area contributed by atoms with Crippen molar-refractivity contribution < 1.29 is 14.3 Å². The Morgan fingerprint density at radius 2 is 2.00 bits per heavy atom. The normalized spacial score (nSPS) is 10.2. The van der Waals surface area contributed by atoms with Crippen molar-refractivity contribution in [2.24, 2.45) is 0 Å². The van der Waals surface area contributed by atoms with Crippen LogP contribution in [-0.4, -0.2) is 47.0 Å². The van der Waals surface area contributed by atoms with Gasteiger partial charge in [0.1, 0.15) is 18.8 Å². The van der Waals surface area contributed by atoms with E-state index in [4.69, 9.17) is 9.47 Å². The number of hydrogen-bond acceptors (Lipinski definition) is 5. The first-order chi connectivity index (χ1) is 10.1. The zero-order valence-corrected chi connectivity index (χ0v) is 12.3. The standard InChI is InChI=1S/C14H18N4O3/c1-17(2)14(19)9-18-8-11(15-16-18)10-21-13-7-5-4-6-12(13)20-3/h4-8H,9-10H2,1-3H3. The van der Waals surface area contributed by atoms with E-state index in [1.807, 2.05) is 24.3 Å². The number of nitrogens with zero attached hydrogens (tertiary/aromatic N) is 4. The molecule has 0 N–H and O–H groups in total. The fourth-order valence-corrected chi connectivity index (χ4v) is 1.65. The van der Waals surface area contributed by atoms with Crippen molar-refractivity contribution >= 4 is 5.91 Å². The summed E-state index contributed by atoms with van der Waals surface area (Å²) in [4.78, 5) is 13.1. The van der Waals surface area contributed by atoms with Gasteiger partial charge in [0.05, 0.1) is 13.3 Å². The van der Waals surface area contributed by atoms with E-state index >= 15 is 0 Å². The van der Waals surface area contributed by atoms with Crippen LogP contribution >= 0.6 is 0 Å². The number of ether oxygens (including phenoxy) is 2. The van der Waals surface area contributed by atoms with Gasteiger partial charge in [0, 0.05) is 14.1 Å². The molecule has 1 heterocycles. The van der Waals surface area contributed by atoms with E-state index < -0.39 is 0 Å². The van der Waals surface area contributed by atoms with Gasteiger partial charge >= 0.3 is 0 Å². The van der Waals surface area contributed by atoms with E-state index in [1.54, 1.807) is 27.4 Å². The van der Waals surface area contributed by atoms with Crippen molar-refractivity contribution in [3.8, 4) is 11.5 Å². The van der Waals surface area contributed by atoms with Crippen LogP contribution < -0.4 is 9.47 Å². The lowest BCUT2D eigenvalue weighted by Gasteiger charge is -2.09. The molecule has 0 aliphatic heterocycles. The number of rotatable bonds is 6. The van der Waals surface area contributed by atoms with Crippen molar-refractivity contribution in [1.82, 2.24) is 19.9 Å². The van der Waals surface area contributed by atoms with Crippen molar-refractivity contribution in [3.63, 3.8) is 0 Å². The fraction of sp³-hybridized carbons (Fsp3) is 0.357. The van der Waals surface area contributed by atoms with Crippen molar-refractivity contribution in [2.75, 3.05) is 21.2 Å². The predicted molar refractivity (Wildman–Crippen MR) is 76.0 cm³/mol. The number of carbonyl (C=O) groups is 1. The fourth-order valence-electron chi connectivity index (χ4n) is 1.65. The molecule has 7 heteroatoms. The molecule has 0 atom stereocenters. The third-order valence-corrected chi connectivity index (χ3v) is 2.83. The molecule has 112 valence electrons. The van der Waals surface area contributed by atoms with E-state index in [1.165, 1.54) is 9.58 Å². The van der Waals surface area contributed by atoms with Crippen LogP contribution in [0.3, 0.4) is 0 Å². The lowest BCUT2D eigenvalue weighted by Crippen LogP contribution is -2.26. The monoisotopic (exact) mass is 290 g/mol. The highest BCUT2D eigenvalue weighted by Gasteiger charge is 2.09. The Labute approximate surface area is 123 Å². The van der Waals surface area contributed by atoms with Gasteiger partial charge in [0.15, 0.2) is 11.5 Å². The average molecular weight is 290 g/mol. The number of amides is 1. The van der Waals surface area contributed by atoms with Gasteiger partial charge in [-0.2, -0.15) is 0 Å². The molecular formula is C14H18N4O3. The summed E-state index contributed by atoms with van der Waals surface area (Å²) < 4.78 is 12.3. The first kappa shape index (κ1) is 14.8. The molecule has 1 aromatic heterocycles. The van der Waals surface area contributed by atoms with E-state index in [0.29, 0.717) is 17.2 Å². The maximum absolute atomic E-state index is 11.6. The van der Waals surface area contributed by atoms with Gasteiger partial charge in [-0.15, -0.1) is 5.10 Å². The molecule has 0 aliphatic carbocycles. The molecular weight excluding hydrogens is 272 g/mol.